The van der Waals surface area contributed by atoms with Crippen LogP contribution in [-0.4, -0.2) is 12.5 Å². The van der Waals surface area contributed by atoms with E-state index in [-0.39, 0.29) is 12.5 Å². The summed E-state index contributed by atoms with van der Waals surface area (Å²) in [6, 6.07) is 7.72. The molecule has 2 rings (SSSR count). The Morgan fingerprint density at radius 3 is 2.39 bits per heavy atom. The van der Waals surface area contributed by atoms with Crippen molar-refractivity contribution in [1.29, 1.82) is 0 Å². The van der Waals surface area contributed by atoms with Crippen molar-refractivity contribution in [2.45, 2.75) is 27.7 Å². The van der Waals surface area contributed by atoms with Gasteiger partial charge in [-0.15, -0.1) is 0 Å². The van der Waals surface area contributed by atoms with Crippen molar-refractivity contribution in [2.24, 2.45) is 0 Å². The summed E-state index contributed by atoms with van der Waals surface area (Å²) in [6.07, 6.45) is 0. The number of aryl methyl sites for hydroxylation is 3. The van der Waals surface area contributed by atoms with Gasteiger partial charge in [-0.05, 0) is 71.9 Å². The highest BCUT2D eigenvalue weighted by Crippen LogP contribution is 2.35. The van der Waals surface area contributed by atoms with Gasteiger partial charge < -0.3 is 10.1 Å². The Hall–Kier alpha value is -1.52. The predicted octanol–water partition coefficient (Wildman–Crippen LogP) is 5.35. The van der Waals surface area contributed by atoms with E-state index in [0.717, 1.165) is 32.4 Å². The molecule has 0 heterocycles. The average Bonchev–Trinajstić information content (AvgIpc) is 2.51. The van der Waals surface area contributed by atoms with E-state index in [2.05, 4.69) is 21.2 Å². The number of hydrogen-bond donors (Lipinski definition) is 1. The molecule has 0 unspecified atom stereocenters. The molecule has 0 saturated carbocycles. The molecule has 2 aromatic carbocycles. The molecule has 0 spiro atoms. The average molecular weight is 397 g/mol. The normalized spacial score (nSPS) is 10.5. The van der Waals surface area contributed by atoms with Crippen molar-refractivity contribution in [3.63, 3.8) is 0 Å². The molecular weight excluding hydrogens is 378 g/mol. The third-order valence-electron chi connectivity index (χ3n) is 3.67. The maximum absolute atomic E-state index is 12.2. The second kappa shape index (κ2) is 7.37. The Bertz CT molecular complexity index is 739. The number of amides is 1. The van der Waals surface area contributed by atoms with Gasteiger partial charge in [-0.3, -0.25) is 4.79 Å². The van der Waals surface area contributed by atoms with Crippen molar-refractivity contribution in [3.05, 3.63) is 56.0 Å². The largest absolute Gasteiger partial charge is 0.483 e. The van der Waals surface area contributed by atoms with Crippen LogP contribution in [0.25, 0.3) is 0 Å². The number of hydrogen-bond acceptors (Lipinski definition) is 2. The van der Waals surface area contributed by atoms with Crippen LogP contribution in [0.5, 0.6) is 5.75 Å². The lowest BCUT2D eigenvalue weighted by Gasteiger charge is -2.14. The second-order valence-corrected chi connectivity index (χ2v) is 6.72. The number of carbonyl (C=O) groups is 1. The van der Waals surface area contributed by atoms with Gasteiger partial charge >= 0.3 is 0 Å². The fourth-order valence-electron chi connectivity index (χ4n) is 2.34. The Balaban J connectivity index is 2.08. The predicted molar refractivity (Wildman–Crippen MR) is 98.7 cm³/mol. The number of nitrogens with one attached hydrogen (secondary N) is 1. The Labute approximate surface area is 150 Å². The molecule has 122 valence electrons. The van der Waals surface area contributed by atoms with Crippen LogP contribution in [-0.2, 0) is 4.79 Å². The summed E-state index contributed by atoms with van der Waals surface area (Å²) in [4.78, 5) is 12.2. The van der Waals surface area contributed by atoms with Gasteiger partial charge in [0.25, 0.3) is 5.91 Å². The minimum Gasteiger partial charge on any atom is -0.483 e. The summed E-state index contributed by atoms with van der Waals surface area (Å²) in [5.74, 6) is 0.417. The molecule has 0 aromatic heterocycles. The van der Waals surface area contributed by atoms with E-state index < -0.39 is 0 Å². The lowest BCUT2D eigenvalue weighted by molar-refractivity contribution is -0.118. The molecule has 0 saturated heterocycles. The first-order valence-electron chi connectivity index (χ1n) is 7.25. The molecule has 5 heteroatoms. The molecule has 0 aliphatic heterocycles. The zero-order valence-electron chi connectivity index (χ0n) is 13.6. The summed E-state index contributed by atoms with van der Waals surface area (Å²) in [6.45, 7) is 7.68. The van der Waals surface area contributed by atoms with Crippen molar-refractivity contribution in [3.8, 4) is 5.75 Å². The van der Waals surface area contributed by atoms with E-state index >= 15 is 0 Å². The topological polar surface area (TPSA) is 38.3 Å². The molecule has 1 N–H and O–H groups in total. The first-order chi connectivity index (χ1) is 10.8. The fraction of sp³-hybridized carbons (Fsp3) is 0.278. The van der Waals surface area contributed by atoms with E-state index in [1.54, 1.807) is 0 Å². The summed E-state index contributed by atoms with van der Waals surface area (Å²) in [7, 11) is 0. The molecule has 0 radical (unpaired) electrons. The van der Waals surface area contributed by atoms with E-state index in [4.69, 9.17) is 16.3 Å². The van der Waals surface area contributed by atoms with Crippen LogP contribution >= 0.6 is 27.5 Å². The third-order valence-corrected chi connectivity index (χ3v) is 5.24. The summed E-state index contributed by atoms with van der Waals surface area (Å²) >= 11 is 9.66. The van der Waals surface area contributed by atoms with Crippen molar-refractivity contribution in [2.75, 3.05) is 11.9 Å². The zero-order chi connectivity index (χ0) is 17.1. The van der Waals surface area contributed by atoms with E-state index in [0.29, 0.717) is 10.8 Å². The standard InChI is InChI=1S/C18H19BrClNO2/c1-10-6-5-7-11(2)18(10)21-15(22)9-23-14-8-12(3)17(20)13(4)16(14)19/h5-8H,9H2,1-4H3,(H,21,22). The highest BCUT2D eigenvalue weighted by atomic mass is 79.9. The molecule has 0 atom stereocenters. The molecule has 0 aliphatic rings. The van der Waals surface area contributed by atoms with Gasteiger partial charge in [0.05, 0.1) is 4.47 Å². The van der Waals surface area contributed by atoms with Gasteiger partial charge in [0.2, 0.25) is 0 Å². The van der Waals surface area contributed by atoms with Gasteiger partial charge in [-0.1, -0.05) is 29.8 Å². The van der Waals surface area contributed by atoms with Gasteiger partial charge in [0.1, 0.15) is 5.75 Å². The summed E-state index contributed by atoms with van der Waals surface area (Å²) in [5.41, 5.74) is 4.70. The molecule has 0 aliphatic carbocycles. The SMILES string of the molecule is Cc1cc(OCC(=O)Nc2c(C)cccc2C)c(Br)c(C)c1Cl. The maximum atomic E-state index is 12.2. The number of ether oxygens (including phenoxy) is 1. The first kappa shape index (κ1) is 17.8. The van der Waals surface area contributed by atoms with Crippen LogP contribution in [0.4, 0.5) is 5.69 Å². The van der Waals surface area contributed by atoms with Crippen LogP contribution in [0.3, 0.4) is 0 Å². The first-order valence-corrected chi connectivity index (χ1v) is 8.42. The van der Waals surface area contributed by atoms with Gasteiger partial charge in [-0.2, -0.15) is 0 Å². The van der Waals surface area contributed by atoms with Crippen LogP contribution in [0.2, 0.25) is 5.02 Å². The van der Waals surface area contributed by atoms with Gasteiger partial charge in [-0.25, -0.2) is 0 Å². The minimum atomic E-state index is -0.195. The third kappa shape index (κ3) is 4.06. The van der Waals surface area contributed by atoms with Crippen molar-refractivity contribution in [1.82, 2.24) is 0 Å². The van der Waals surface area contributed by atoms with Crippen LogP contribution in [0, 0.1) is 27.7 Å². The summed E-state index contributed by atoms with van der Waals surface area (Å²) in [5, 5.41) is 3.60. The van der Waals surface area contributed by atoms with Gasteiger partial charge in [0, 0.05) is 10.7 Å². The molecule has 3 nitrogen and oxygen atoms in total. The molecule has 23 heavy (non-hydrogen) atoms. The zero-order valence-corrected chi connectivity index (χ0v) is 15.9. The lowest BCUT2D eigenvalue weighted by Crippen LogP contribution is -2.21. The molecule has 0 fully saturated rings. The Morgan fingerprint density at radius 2 is 1.78 bits per heavy atom. The number of para-hydroxylation sites is 1. The van der Waals surface area contributed by atoms with E-state index in [9.17, 15) is 4.79 Å². The monoisotopic (exact) mass is 395 g/mol. The molecule has 1 amide bonds. The number of rotatable bonds is 4. The van der Waals surface area contributed by atoms with Crippen LogP contribution < -0.4 is 10.1 Å². The highest BCUT2D eigenvalue weighted by Gasteiger charge is 2.13. The number of benzene rings is 2. The smallest absolute Gasteiger partial charge is 0.262 e. The lowest BCUT2D eigenvalue weighted by atomic mass is 10.1. The highest BCUT2D eigenvalue weighted by molar-refractivity contribution is 9.10. The number of carbonyl (C=O) groups excluding carboxylic acids is 1. The maximum Gasteiger partial charge on any atom is 0.262 e. The van der Waals surface area contributed by atoms with E-state index in [1.165, 1.54) is 0 Å². The molecule has 0 bridgehead atoms. The Kier molecular flexibility index (Phi) is 5.71. The van der Waals surface area contributed by atoms with E-state index in [1.807, 2.05) is 52.0 Å². The van der Waals surface area contributed by atoms with Crippen molar-refractivity contribution < 1.29 is 9.53 Å². The summed E-state index contributed by atoms with van der Waals surface area (Å²) < 4.78 is 6.42. The fourth-order valence-corrected chi connectivity index (χ4v) is 3.03. The molecule has 2 aromatic rings. The number of halogens is 2. The number of anilines is 1. The van der Waals surface area contributed by atoms with Crippen molar-refractivity contribution >= 4 is 39.1 Å². The quantitative estimate of drug-likeness (QED) is 0.756. The van der Waals surface area contributed by atoms with Gasteiger partial charge in [0.15, 0.2) is 6.61 Å². The molecular formula is C18H19BrClNO2. The van der Waals surface area contributed by atoms with Crippen LogP contribution in [0.15, 0.2) is 28.7 Å². The Morgan fingerprint density at radius 1 is 1.17 bits per heavy atom. The second-order valence-electron chi connectivity index (χ2n) is 5.55. The van der Waals surface area contributed by atoms with Crippen LogP contribution in [0.1, 0.15) is 22.3 Å². The minimum absolute atomic E-state index is 0.0626.